The van der Waals surface area contributed by atoms with Gasteiger partial charge in [0.2, 0.25) is 0 Å². The Kier molecular flexibility index (Phi) is 6.84. The Morgan fingerprint density at radius 2 is 1.21 bits per heavy atom. The average Bonchev–Trinajstić information content (AvgIpc) is 2.61. The monoisotopic (exact) mass is 322 g/mol. The molecule has 0 saturated heterocycles. The van der Waals surface area contributed by atoms with E-state index in [1.807, 2.05) is 48.5 Å². The molecular formula is C21H22O3. The first-order valence-electron chi connectivity index (χ1n) is 7.97. The van der Waals surface area contributed by atoms with E-state index >= 15 is 0 Å². The van der Waals surface area contributed by atoms with Crippen molar-refractivity contribution in [3.63, 3.8) is 0 Å². The first kappa shape index (κ1) is 17.5. The van der Waals surface area contributed by atoms with Gasteiger partial charge in [0.25, 0.3) is 0 Å². The summed E-state index contributed by atoms with van der Waals surface area (Å²) in [5.41, 5.74) is 2.03. The summed E-state index contributed by atoms with van der Waals surface area (Å²) in [6, 6.07) is 15.4. The summed E-state index contributed by atoms with van der Waals surface area (Å²) >= 11 is 0. The van der Waals surface area contributed by atoms with Crippen molar-refractivity contribution >= 4 is 5.78 Å². The maximum absolute atomic E-state index is 12.2. The van der Waals surface area contributed by atoms with E-state index in [0.29, 0.717) is 25.7 Å². The second kappa shape index (κ2) is 9.36. The molecule has 0 aliphatic carbocycles. The number of rotatable bonds is 10. The van der Waals surface area contributed by atoms with Crippen LogP contribution in [-0.2, 0) is 17.6 Å². The molecule has 0 N–H and O–H groups in total. The lowest BCUT2D eigenvalue weighted by atomic mass is 10.0. The van der Waals surface area contributed by atoms with Gasteiger partial charge in [0.15, 0.2) is 0 Å². The van der Waals surface area contributed by atoms with Gasteiger partial charge >= 0.3 is 0 Å². The zero-order chi connectivity index (χ0) is 17.2. The summed E-state index contributed by atoms with van der Waals surface area (Å²) in [6.45, 7) is 7.14. The number of Topliss-reactive ketones (excluding diaryl/α,β-unsaturated/α-hetero) is 1. The van der Waals surface area contributed by atoms with Crippen LogP contribution in [0.2, 0.25) is 0 Å². The van der Waals surface area contributed by atoms with Crippen molar-refractivity contribution in [3.8, 4) is 11.5 Å². The largest absolute Gasteiger partial charge is 0.465 e. The smallest absolute Gasteiger partial charge is 0.133 e. The SMILES string of the molecule is C=COc1ccccc1CCC(=O)CCc1ccccc1OC=C. The molecule has 0 fully saturated rings. The summed E-state index contributed by atoms with van der Waals surface area (Å²) in [4.78, 5) is 12.2. The first-order valence-corrected chi connectivity index (χ1v) is 7.97. The molecule has 0 bridgehead atoms. The fraction of sp³-hybridized carbons (Fsp3) is 0.190. The number of hydrogen-bond acceptors (Lipinski definition) is 3. The molecule has 3 nitrogen and oxygen atoms in total. The van der Waals surface area contributed by atoms with Gasteiger partial charge in [0.05, 0.1) is 12.5 Å². The Labute approximate surface area is 143 Å². The van der Waals surface area contributed by atoms with Gasteiger partial charge in [-0.15, -0.1) is 0 Å². The topological polar surface area (TPSA) is 35.5 Å². The number of hydrogen-bond donors (Lipinski definition) is 0. The minimum absolute atomic E-state index is 0.219. The molecule has 0 heterocycles. The Hall–Kier alpha value is -2.81. The Morgan fingerprint density at radius 1 is 0.792 bits per heavy atom. The summed E-state index contributed by atoms with van der Waals surface area (Å²) in [7, 11) is 0. The predicted octanol–water partition coefficient (Wildman–Crippen LogP) is 4.87. The van der Waals surface area contributed by atoms with Crippen molar-refractivity contribution in [2.75, 3.05) is 0 Å². The third-order valence-corrected chi connectivity index (χ3v) is 3.71. The minimum Gasteiger partial charge on any atom is -0.465 e. The maximum Gasteiger partial charge on any atom is 0.133 e. The summed E-state index contributed by atoms with van der Waals surface area (Å²) in [5, 5.41) is 0. The number of carbonyl (C=O) groups excluding carboxylic acids is 1. The average molecular weight is 322 g/mol. The molecule has 0 amide bonds. The second-order valence-electron chi connectivity index (χ2n) is 5.32. The third-order valence-electron chi connectivity index (χ3n) is 3.71. The summed E-state index contributed by atoms with van der Waals surface area (Å²) in [5.74, 6) is 1.73. The molecule has 0 radical (unpaired) electrons. The van der Waals surface area contributed by atoms with Crippen LogP contribution in [0, 0.1) is 0 Å². The number of ether oxygens (including phenoxy) is 2. The van der Waals surface area contributed by atoms with E-state index in [1.165, 1.54) is 12.5 Å². The molecule has 0 aromatic heterocycles. The Bertz CT molecular complexity index is 644. The molecule has 0 unspecified atom stereocenters. The zero-order valence-corrected chi connectivity index (χ0v) is 13.7. The number of aryl methyl sites for hydroxylation is 2. The fourth-order valence-corrected chi connectivity index (χ4v) is 2.50. The normalized spacial score (nSPS) is 10.0. The van der Waals surface area contributed by atoms with Crippen molar-refractivity contribution in [1.29, 1.82) is 0 Å². The molecule has 0 spiro atoms. The standard InChI is InChI=1S/C21H22O3/c1-3-23-20-11-7-5-9-17(20)13-15-19(22)16-14-18-10-6-8-12-21(18)24-4-2/h3-12H,1-2,13-16H2. The quantitative estimate of drug-likeness (QED) is 0.586. The van der Waals surface area contributed by atoms with Gasteiger partial charge in [-0.3, -0.25) is 4.79 Å². The lowest BCUT2D eigenvalue weighted by molar-refractivity contribution is -0.119. The van der Waals surface area contributed by atoms with Crippen molar-refractivity contribution < 1.29 is 14.3 Å². The molecule has 3 heteroatoms. The highest BCUT2D eigenvalue weighted by Crippen LogP contribution is 2.22. The highest BCUT2D eigenvalue weighted by molar-refractivity contribution is 5.79. The molecule has 124 valence electrons. The number of benzene rings is 2. The maximum atomic E-state index is 12.2. The van der Waals surface area contributed by atoms with Gasteiger partial charge < -0.3 is 9.47 Å². The minimum atomic E-state index is 0.219. The second-order valence-corrected chi connectivity index (χ2v) is 5.32. The summed E-state index contributed by atoms with van der Waals surface area (Å²) < 4.78 is 10.7. The van der Waals surface area contributed by atoms with Gasteiger partial charge in [-0.05, 0) is 36.1 Å². The van der Waals surface area contributed by atoms with Crippen molar-refractivity contribution in [2.24, 2.45) is 0 Å². The predicted molar refractivity (Wildman–Crippen MR) is 96.2 cm³/mol. The van der Waals surface area contributed by atoms with E-state index in [2.05, 4.69) is 13.2 Å². The van der Waals surface area contributed by atoms with Crippen LogP contribution in [-0.4, -0.2) is 5.78 Å². The molecular weight excluding hydrogens is 300 g/mol. The van der Waals surface area contributed by atoms with Crippen molar-refractivity contribution in [3.05, 3.63) is 85.3 Å². The van der Waals surface area contributed by atoms with Crippen LogP contribution in [0.5, 0.6) is 11.5 Å². The molecule has 2 aromatic carbocycles. The van der Waals surface area contributed by atoms with Gasteiger partial charge in [-0.25, -0.2) is 0 Å². The van der Waals surface area contributed by atoms with Gasteiger partial charge in [0, 0.05) is 12.8 Å². The summed E-state index contributed by atoms with van der Waals surface area (Å²) in [6.07, 6.45) is 5.10. The van der Waals surface area contributed by atoms with Crippen LogP contribution >= 0.6 is 0 Å². The Morgan fingerprint density at radius 3 is 1.62 bits per heavy atom. The van der Waals surface area contributed by atoms with Crippen LogP contribution in [0.4, 0.5) is 0 Å². The third kappa shape index (κ3) is 5.13. The number of carbonyl (C=O) groups is 1. The van der Waals surface area contributed by atoms with Crippen LogP contribution in [0.1, 0.15) is 24.0 Å². The van der Waals surface area contributed by atoms with Gasteiger partial charge in [-0.1, -0.05) is 49.6 Å². The fourth-order valence-electron chi connectivity index (χ4n) is 2.50. The van der Waals surface area contributed by atoms with E-state index in [4.69, 9.17) is 9.47 Å². The van der Waals surface area contributed by atoms with Crippen LogP contribution in [0.15, 0.2) is 74.2 Å². The van der Waals surface area contributed by atoms with E-state index in [-0.39, 0.29) is 5.78 Å². The van der Waals surface area contributed by atoms with Crippen LogP contribution in [0.25, 0.3) is 0 Å². The number of para-hydroxylation sites is 2. The highest BCUT2D eigenvalue weighted by atomic mass is 16.5. The van der Waals surface area contributed by atoms with Crippen molar-refractivity contribution in [1.82, 2.24) is 0 Å². The van der Waals surface area contributed by atoms with E-state index < -0.39 is 0 Å². The lowest BCUT2D eigenvalue weighted by Gasteiger charge is -2.09. The molecule has 0 atom stereocenters. The van der Waals surface area contributed by atoms with Crippen LogP contribution < -0.4 is 9.47 Å². The van der Waals surface area contributed by atoms with E-state index in [0.717, 1.165) is 22.6 Å². The van der Waals surface area contributed by atoms with Gasteiger partial charge in [-0.2, -0.15) is 0 Å². The molecule has 24 heavy (non-hydrogen) atoms. The Balaban J connectivity index is 1.88. The van der Waals surface area contributed by atoms with E-state index in [1.54, 1.807) is 0 Å². The molecule has 2 aromatic rings. The van der Waals surface area contributed by atoms with Gasteiger partial charge in [0.1, 0.15) is 17.3 Å². The highest BCUT2D eigenvalue weighted by Gasteiger charge is 2.09. The molecule has 0 saturated carbocycles. The van der Waals surface area contributed by atoms with Crippen molar-refractivity contribution in [2.45, 2.75) is 25.7 Å². The van der Waals surface area contributed by atoms with Crippen LogP contribution in [0.3, 0.4) is 0 Å². The molecule has 2 rings (SSSR count). The van der Waals surface area contributed by atoms with E-state index in [9.17, 15) is 4.79 Å². The first-order chi connectivity index (χ1) is 11.7. The molecule has 0 aliphatic heterocycles. The zero-order valence-electron chi connectivity index (χ0n) is 13.7. The lowest BCUT2D eigenvalue weighted by Crippen LogP contribution is -2.03. The molecule has 0 aliphatic rings. The number of ketones is 1.